The first-order valence-corrected chi connectivity index (χ1v) is 8.36. The molecule has 0 radical (unpaired) electrons. The van der Waals surface area contributed by atoms with Crippen LogP contribution < -0.4 is 10.1 Å². The van der Waals surface area contributed by atoms with Gasteiger partial charge in [-0.1, -0.05) is 25.5 Å². The van der Waals surface area contributed by atoms with Gasteiger partial charge in [-0.2, -0.15) is 4.98 Å². The molecule has 23 heavy (non-hydrogen) atoms. The standard InChI is InChI=1S/C16H18N4O2S/c1-3-4-12-5-7-13(8-6-12)22-9-14(21)17-15-18-16-20(19-15)11(2)10-23-16/h5-8,10H,3-4,9H2,1-2H3,(H,17,19,21). The van der Waals surface area contributed by atoms with Gasteiger partial charge in [0, 0.05) is 5.38 Å². The molecule has 3 aromatic rings. The Morgan fingerprint density at radius 2 is 2.13 bits per heavy atom. The van der Waals surface area contributed by atoms with E-state index in [1.54, 1.807) is 4.52 Å². The van der Waals surface area contributed by atoms with E-state index in [0.717, 1.165) is 23.5 Å². The maximum Gasteiger partial charge on any atom is 0.264 e. The van der Waals surface area contributed by atoms with Gasteiger partial charge >= 0.3 is 0 Å². The van der Waals surface area contributed by atoms with Crippen LogP contribution in [0.2, 0.25) is 0 Å². The molecule has 1 N–H and O–H groups in total. The molecule has 120 valence electrons. The van der Waals surface area contributed by atoms with Crippen LogP contribution in [-0.2, 0) is 11.2 Å². The Hall–Kier alpha value is -2.41. The monoisotopic (exact) mass is 330 g/mol. The molecule has 0 spiro atoms. The number of carbonyl (C=O) groups excluding carboxylic acids is 1. The number of hydrogen-bond donors (Lipinski definition) is 1. The van der Waals surface area contributed by atoms with Gasteiger partial charge in [0.2, 0.25) is 4.96 Å². The van der Waals surface area contributed by atoms with Crippen molar-refractivity contribution in [1.82, 2.24) is 14.6 Å². The predicted octanol–water partition coefficient (Wildman–Crippen LogP) is 3.07. The highest BCUT2D eigenvalue weighted by molar-refractivity contribution is 7.15. The summed E-state index contributed by atoms with van der Waals surface area (Å²) in [6, 6.07) is 7.80. The molecule has 6 nitrogen and oxygen atoms in total. The number of rotatable bonds is 6. The summed E-state index contributed by atoms with van der Waals surface area (Å²) in [5.41, 5.74) is 2.25. The van der Waals surface area contributed by atoms with Crippen molar-refractivity contribution >= 4 is 28.2 Å². The minimum absolute atomic E-state index is 0.0705. The van der Waals surface area contributed by atoms with Gasteiger partial charge in [-0.15, -0.1) is 16.4 Å². The zero-order valence-corrected chi connectivity index (χ0v) is 13.9. The summed E-state index contributed by atoms with van der Waals surface area (Å²) in [7, 11) is 0. The van der Waals surface area contributed by atoms with E-state index < -0.39 is 0 Å². The molecule has 0 aliphatic rings. The lowest BCUT2D eigenvalue weighted by molar-refractivity contribution is -0.118. The average Bonchev–Trinajstić information content (AvgIpc) is 3.09. The second kappa shape index (κ2) is 6.78. The van der Waals surface area contributed by atoms with Gasteiger partial charge in [-0.25, -0.2) is 4.52 Å². The molecule has 0 aliphatic carbocycles. The van der Waals surface area contributed by atoms with E-state index in [9.17, 15) is 4.79 Å². The summed E-state index contributed by atoms with van der Waals surface area (Å²) in [4.78, 5) is 16.9. The lowest BCUT2D eigenvalue weighted by Gasteiger charge is -2.06. The molecule has 3 rings (SSSR count). The van der Waals surface area contributed by atoms with E-state index in [2.05, 4.69) is 22.3 Å². The summed E-state index contributed by atoms with van der Waals surface area (Å²) in [6.07, 6.45) is 2.15. The Bertz CT molecular complexity index is 807. The molecule has 2 aromatic heterocycles. The summed E-state index contributed by atoms with van der Waals surface area (Å²) < 4.78 is 7.18. The molecule has 0 bridgehead atoms. The molecule has 0 aliphatic heterocycles. The van der Waals surface area contributed by atoms with Crippen molar-refractivity contribution in [3.63, 3.8) is 0 Å². The fourth-order valence-electron chi connectivity index (χ4n) is 2.20. The van der Waals surface area contributed by atoms with Crippen molar-refractivity contribution in [3.05, 3.63) is 40.9 Å². The van der Waals surface area contributed by atoms with Gasteiger partial charge in [0.05, 0.1) is 5.69 Å². The molecule has 1 amide bonds. The molecule has 0 atom stereocenters. The summed E-state index contributed by atoms with van der Waals surface area (Å²) in [5, 5.41) is 8.84. The number of anilines is 1. The van der Waals surface area contributed by atoms with Crippen molar-refractivity contribution in [2.24, 2.45) is 0 Å². The Balaban J connectivity index is 1.54. The van der Waals surface area contributed by atoms with Gasteiger partial charge in [0.25, 0.3) is 11.9 Å². The van der Waals surface area contributed by atoms with Crippen LogP contribution in [0.1, 0.15) is 24.6 Å². The number of fused-ring (bicyclic) bond motifs is 1. The van der Waals surface area contributed by atoms with E-state index in [1.807, 2.05) is 36.6 Å². The minimum Gasteiger partial charge on any atom is -0.484 e. The number of nitrogens with zero attached hydrogens (tertiary/aromatic N) is 3. The Morgan fingerprint density at radius 1 is 1.35 bits per heavy atom. The number of aryl methyl sites for hydroxylation is 2. The fourth-order valence-corrected chi connectivity index (χ4v) is 3.00. The molecule has 0 unspecified atom stereocenters. The first-order chi connectivity index (χ1) is 11.2. The Morgan fingerprint density at radius 3 is 2.83 bits per heavy atom. The average molecular weight is 330 g/mol. The normalized spacial score (nSPS) is 10.9. The number of hydrogen-bond acceptors (Lipinski definition) is 5. The van der Waals surface area contributed by atoms with Crippen molar-refractivity contribution < 1.29 is 9.53 Å². The lowest BCUT2D eigenvalue weighted by atomic mass is 10.1. The second-order valence-corrected chi connectivity index (χ2v) is 6.07. The largest absolute Gasteiger partial charge is 0.484 e. The molecule has 7 heteroatoms. The van der Waals surface area contributed by atoms with Crippen LogP contribution in [0.15, 0.2) is 29.6 Å². The molecule has 0 saturated carbocycles. The molecule has 0 saturated heterocycles. The first kappa shape index (κ1) is 15.5. The number of aromatic nitrogens is 3. The number of carbonyl (C=O) groups is 1. The van der Waals surface area contributed by atoms with E-state index in [1.165, 1.54) is 16.9 Å². The minimum atomic E-state index is -0.279. The molecular weight excluding hydrogens is 312 g/mol. The van der Waals surface area contributed by atoms with Gasteiger partial charge < -0.3 is 4.74 Å². The van der Waals surface area contributed by atoms with Crippen LogP contribution in [0.3, 0.4) is 0 Å². The van der Waals surface area contributed by atoms with Crippen LogP contribution in [-0.4, -0.2) is 27.1 Å². The summed E-state index contributed by atoms with van der Waals surface area (Å²) in [5.74, 6) is 0.694. The highest BCUT2D eigenvalue weighted by atomic mass is 32.1. The van der Waals surface area contributed by atoms with Crippen molar-refractivity contribution in [1.29, 1.82) is 0 Å². The highest BCUT2D eigenvalue weighted by Gasteiger charge is 2.10. The topological polar surface area (TPSA) is 68.5 Å². The maximum absolute atomic E-state index is 11.9. The third kappa shape index (κ3) is 3.68. The van der Waals surface area contributed by atoms with Crippen molar-refractivity contribution in [2.45, 2.75) is 26.7 Å². The third-order valence-electron chi connectivity index (χ3n) is 3.33. The van der Waals surface area contributed by atoms with Gasteiger partial charge in [0.15, 0.2) is 6.61 Å². The van der Waals surface area contributed by atoms with Gasteiger partial charge in [-0.05, 0) is 31.0 Å². The van der Waals surface area contributed by atoms with Crippen molar-refractivity contribution in [3.8, 4) is 5.75 Å². The number of ether oxygens (including phenoxy) is 1. The summed E-state index contributed by atoms with van der Waals surface area (Å²) in [6.45, 7) is 4.01. The summed E-state index contributed by atoms with van der Waals surface area (Å²) >= 11 is 1.48. The van der Waals surface area contributed by atoms with Crippen LogP contribution in [0, 0.1) is 6.92 Å². The molecule has 0 fully saturated rings. The SMILES string of the molecule is CCCc1ccc(OCC(=O)Nc2nc3scc(C)n3n2)cc1. The number of benzene rings is 1. The highest BCUT2D eigenvalue weighted by Crippen LogP contribution is 2.16. The quantitative estimate of drug-likeness (QED) is 0.754. The molecular formula is C16H18N4O2S. The fraction of sp³-hybridized carbons (Fsp3) is 0.312. The smallest absolute Gasteiger partial charge is 0.264 e. The van der Waals surface area contributed by atoms with Crippen LogP contribution >= 0.6 is 11.3 Å². The maximum atomic E-state index is 11.9. The third-order valence-corrected chi connectivity index (χ3v) is 4.26. The van der Waals surface area contributed by atoms with E-state index in [0.29, 0.717) is 11.7 Å². The Labute approximate surface area is 138 Å². The number of thiazole rings is 1. The van der Waals surface area contributed by atoms with Crippen LogP contribution in [0.4, 0.5) is 5.95 Å². The zero-order valence-electron chi connectivity index (χ0n) is 13.1. The van der Waals surface area contributed by atoms with Crippen molar-refractivity contribution in [2.75, 3.05) is 11.9 Å². The Kier molecular flexibility index (Phi) is 4.57. The van der Waals surface area contributed by atoms with Crippen LogP contribution in [0.5, 0.6) is 5.75 Å². The zero-order chi connectivity index (χ0) is 16.2. The van der Waals surface area contributed by atoms with Crippen LogP contribution in [0.25, 0.3) is 4.96 Å². The molecule has 1 aromatic carbocycles. The van der Waals surface area contributed by atoms with E-state index in [4.69, 9.17) is 4.74 Å². The first-order valence-electron chi connectivity index (χ1n) is 7.48. The number of nitrogens with one attached hydrogen (secondary N) is 1. The number of amides is 1. The van der Waals surface area contributed by atoms with Gasteiger partial charge in [-0.3, -0.25) is 10.1 Å². The second-order valence-electron chi connectivity index (χ2n) is 5.24. The lowest BCUT2D eigenvalue weighted by Crippen LogP contribution is -2.21. The molecule has 2 heterocycles. The predicted molar refractivity (Wildman–Crippen MR) is 90.2 cm³/mol. The van der Waals surface area contributed by atoms with E-state index in [-0.39, 0.29) is 12.5 Å². The van der Waals surface area contributed by atoms with Gasteiger partial charge in [0.1, 0.15) is 5.75 Å². The van der Waals surface area contributed by atoms with E-state index >= 15 is 0 Å².